The molecule has 7 nitrogen and oxygen atoms in total. The Bertz CT molecular complexity index is 1460. The van der Waals surface area contributed by atoms with Crippen LogP contribution in [0.3, 0.4) is 0 Å². The number of benzene rings is 1. The highest BCUT2D eigenvalue weighted by Gasteiger charge is 2.23. The van der Waals surface area contributed by atoms with Crippen molar-refractivity contribution in [2.24, 2.45) is 5.41 Å². The summed E-state index contributed by atoms with van der Waals surface area (Å²) in [5, 5.41) is 17.6. The fourth-order valence-corrected chi connectivity index (χ4v) is 3.00. The molecule has 3 heterocycles. The van der Waals surface area contributed by atoms with E-state index in [0.29, 0.717) is 22.6 Å². The van der Waals surface area contributed by atoms with E-state index in [9.17, 15) is 14.4 Å². The van der Waals surface area contributed by atoms with E-state index in [1.54, 1.807) is 50.6 Å². The number of fused-ring (bicyclic) bond motifs is 1. The fourth-order valence-electron chi connectivity index (χ4n) is 3.00. The molecule has 0 aliphatic heterocycles. The maximum atomic E-state index is 14.3. The summed E-state index contributed by atoms with van der Waals surface area (Å²) < 4.78 is 16.2. The van der Waals surface area contributed by atoms with Crippen molar-refractivity contribution in [1.82, 2.24) is 19.4 Å². The van der Waals surface area contributed by atoms with Gasteiger partial charge >= 0.3 is 0 Å². The van der Waals surface area contributed by atoms with E-state index in [1.165, 1.54) is 13.0 Å². The number of carbonyl (C=O) groups is 1. The number of carbonyl (C=O) groups excluding carboxylic acids is 1. The molecule has 8 heteroatoms. The highest BCUT2D eigenvalue weighted by molar-refractivity contribution is 5.84. The summed E-state index contributed by atoms with van der Waals surface area (Å²) in [4.78, 5) is 23.4. The van der Waals surface area contributed by atoms with Gasteiger partial charge in [0.05, 0.1) is 35.1 Å². The summed E-state index contributed by atoms with van der Waals surface area (Å²) in [5.74, 6) is 0.106. The van der Waals surface area contributed by atoms with E-state index in [1.807, 2.05) is 42.6 Å². The van der Waals surface area contributed by atoms with Crippen LogP contribution >= 0.6 is 0 Å². The van der Waals surface area contributed by atoms with E-state index >= 15 is 0 Å². The average Bonchev–Trinajstić information content (AvgIpc) is 3.28. The summed E-state index contributed by atoms with van der Waals surface area (Å²) >= 11 is 0. The Morgan fingerprint density at radius 2 is 1.77 bits per heavy atom. The number of nitriles is 2. The minimum atomic E-state index is -0.792. The third-order valence-corrected chi connectivity index (χ3v) is 5.69. The SMILES string of the molecule is CC(=O)C(C)(C)C#N.CC(C)(C#N)c1ccn2c(-c3ccc(F)c(-c4cccnc4)c3)cnc2n1. The maximum absolute atomic E-state index is 14.3. The standard InChI is InChI=1S/C21H16FN5.C6H9NO/c1-21(2,13-23)19-7-9-27-18(12-25-20(27)26-19)14-5-6-17(22)16(10-14)15-4-3-8-24-11-15;1-5(8)6(2,3)4-7/h3-12H,1-2H3;1-3H3. The van der Waals surface area contributed by atoms with Crippen LogP contribution in [-0.2, 0) is 10.2 Å². The molecular formula is C27H25FN6O. The van der Waals surface area contributed by atoms with Gasteiger partial charge in [-0.05, 0) is 65.0 Å². The first-order valence-electron chi connectivity index (χ1n) is 10.9. The van der Waals surface area contributed by atoms with Crippen molar-refractivity contribution in [3.05, 3.63) is 72.7 Å². The van der Waals surface area contributed by atoms with Crippen LogP contribution in [0.4, 0.5) is 4.39 Å². The second-order valence-electron chi connectivity index (χ2n) is 9.09. The zero-order chi connectivity index (χ0) is 25.8. The predicted molar refractivity (Wildman–Crippen MR) is 130 cm³/mol. The van der Waals surface area contributed by atoms with Gasteiger partial charge in [0.2, 0.25) is 5.78 Å². The third-order valence-electron chi connectivity index (χ3n) is 5.69. The number of hydrogen-bond donors (Lipinski definition) is 0. The van der Waals surface area contributed by atoms with Crippen molar-refractivity contribution in [3.63, 3.8) is 0 Å². The van der Waals surface area contributed by atoms with Crippen molar-refractivity contribution >= 4 is 11.6 Å². The van der Waals surface area contributed by atoms with Crippen LogP contribution in [0.5, 0.6) is 0 Å². The van der Waals surface area contributed by atoms with E-state index < -0.39 is 10.8 Å². The summed E-state index contributed by atoms with van der Waals surface area (Å²) in [7, 11) is 0. The monoisotopic (exact) mass is 468 g/mol. The smallest absolute Gasteiger partial charge is 0.234 e. The number of nitrogens with zero attached hydrogens (tertiary/aromatic N) is 6. The van der Waals surface area contributed by atoms with Gasteiger partial charge in [-0.1, -0.05) is 6.07 Å². The van der Waals surface area contributed by atoms with Crippen LogP contribution < -0.4 is 0 Å². The Morgan fingerprint density at radius 1 is 1.03 bits per heavy atom. The van der Waals surface area contributed by atoms with Gasteiger partial charge in [-0.2, -0.15) is 10.5 Å². The van der Waals surface area contributed by atoms with Crippen LogP contribution in [0.25, 0.3) is 28.2 Å². The lowest BCUT2D eigenvalue weighted by atomic mass is 9.91. The zero-order valence-corrected chi connectivity index (χ0v) is 20.2. The number of imidazole rings is 1. The maximum Gasteiger partial charge on any atom is 0.234 e. The van der Waals surface area contributed by atoms with E-state index in [4.69, 9.17) is 5.26 Å². The van der Waals surface area contributed by atoms with E-state index in [2.05, 4.69) is 21.0 Å². The zero-order valence-electron chi connectivity index (χ0n) is 20.2. The van der Waals surface area contributed by atoms with Gasteiger partial charge in [0.15, 0.2) is 0 Å². The lowest BCUT2D eigenvalue weighted by Gasteiger charge is -2.14. The number of Topliss-reactive ketones (excluding diaryl/α,β-unsaturated/α-hetero) is 1. The molecular weight excluding hydrogens is 443 g/mol. The highest BCUT2D eigenvalue weighted by Crippen LogP contribution is 2.29. The molecule has 0 unspecified atom stereocenters. The lowest BCUT2D eigenvalue weighted by Crippen LogP contribution is -2.17. The second kappa shape index (κ2) is 9.82. The molecule has 0 atom stereocenters. The molecule has 0 aliphatic rings. The summed E-state index contributed by atoms with van der Waals surface area (Å²) in [6.07, 6.45) is 6.83. The molecule has 0 radical (unpaired) electrons. The minimum Gasteiger partial charge on any atom is -0.298 e. The number of ketones is 1. The largest absolute Gasteiger partial charge is 0.298 e. The molecule has 176 valence electrons. The molecule has 3 aromatic heterocycles. The molecule has 0 N–H and O–H groups in total. The summed E-state index contributed by atoms with van der Waals surface area (Å²) in [6, 6.07) is 14.5. The normalized spacial score (nSPS) is 11.2. The minimum absolute atomic E-state index is 0.0833. The van der Waals surface area contributed by atoms with Crippen molar-refractivity contribution < 1.29 is 9.18 Å². The van der Waals surface area contributed by atoms with E-state index in [-0.39, 0.29) is 11.6 Å². The molecule has 4 aromatic rings. The van der Waals surface area contributed by atoms with Crippen molar-refractivity contribution in [1.29, 1.82) is 10.5 Å². The Labute approximate surface area is 203 Å². The van der Waals surface area contributed by atoms with Crippen molar-refractivity contribution in [2.45, 2.75) is 40.0 Å². The Morgan fingerprint density at radius 3 is 2.34 bits per heavy atom. The molecule has 0 aliphatic carbocycles. The quantitative estimate of drug-likeness (QED) is 0.390. The molecule has 1 aromatic carbocycles. The molecule has 0 saturated carbocycles. The molecule has 0 amide bonds. The van der Waals surface area contributed by atoms with Gasteiger partial charge in [0.1, 0.15) is 17.0 Å². The summed E-state index contributed by atoms with van der Waals surface area (Å²) in [5.41, 5.74) is 1.97. The fraction of sp³-hybridized carbons (Fsp3) is 0.259. The van der Waals surface area contributed by atoms with Crippen molar-refractivity contribution in [3.8, 4) is 34.5 Å². The number of aromatic nitrogens is 4. The van der Waals surface area contributed by atoms with Crippen LogP contribution in [0.1, 0.15) is 40.3 Å². The lowest BCUT2D eigenvalue weighted by molar-refractivity contribution is -0.122. The number of rotatable bonds is 4. The second-order valence-corrected chi connectivity index (χ2v) is 9.09. The highest BCUT2D eigenvalue weighted by atomic mass is 19.1. The summed E-state index contributed by atoms with van der Waals surface area (Å²) in [6.45, 7) is 8.26. The van der Waals surface area contributed by atoms with Crippen LogP contribution in [-0.4, -0.2) is 25.1 Å². The first-order valence-corrected chi connectivity index (χ1v) is 10.9. The molecule has 0 spiro atoms. The van der Waals surface area contributed by atoms with Crippen molar-refractivity contribution in [2.75, 3.05) is 0 Å². The topological polar surface area (TPSA) is 108 Å². The Kier molecular flexibility index (Phi) is 7.07. The molecule has 0 bridgehead atoms. The Hall–Kier alpha value is -4.43. The first-order chi connectivity index (χ1) is 16.5. The van der Waals surface area contributed by atoms with Crippen LogP contribution in [0.2, 0.25) is 0 Å². The molecule has 4 rings (SSSR count). The van der Waals surface area contributed by atoms with Gasteiger partial charge in [-0.3, -0.25) is 14.2 Å². The first kappa shape index (κ1) is 25.2. The van der Waals surface area contributed by atoms with Gasteiger partial charge in [-0.25, -0.2) is 14.4 Å². The third kappa shape index (κ3) is 5.39. The Balaban J connectivity index is 0.000000371. The van der Waals surface area contributed by atoms with Gasteiger partial charge < -0.3 is 0 Å². The van der Waals surface area contributed by atoms with Crippen LogP contribution in [0.15, 0.2) is 61.2 Å². The molecule has 35 heavy (non-hydrogen) atoms. The molecule has 0 saturated heterocycles. The predicted octanol–water partition coefficient (Wildman–Crippen LogP) is 5.52. The number of halogens is 1. The van der Waals surface area contributed by atoms with Gasteiger partial charge in [0, 0.05) is 35.3 Å². The van der Waals surface area contributed by atoms with Crippen LogP contribution in [0, 0.1) is 33.9 Å². The van der Waals surface area contributed by atoms with Gasteiger partial charge in [0.25, 0.3) is 0 Å². The number of hydrogen-bond acceptors (Lipinski definition) is 6. The average molecular weight is 469 g/mol. The molecule has 0 fully saturated rings. The van der Waals surface area contributed by atoms with E-state index in [0.717, 1.165) is 11.3 Å². The number of pyridine rings is 1. The van der Waals surface area contributed by atoms with Gasteiger partial charge in [-0.15, -0.1) is 0 Å².